The molecule has 5 heteroatoms. The Morgan fingerprint density at radius 2 is 2.16 bits per heavy atom. The minimum absolute atomic E-state index is 0.107. The first-order chi connectivity index (χ1) is 9.11. The lowest BCUT2D eigenvalue weighted by atomic mass is 10.3. The minimum Gasteiger partial charge on any atom is -0.462 e. The van der Waals surface area contributed by atoms with Crippen LogP contribution >= 0.6 is 0 Å². The summed E-state index contributed by atoms with van der Waals surface area (Å²) in [6.07, 6.45) is -0.107. The number of imidazole rings is 1. The molecule has 1 N–H and O–H groups in total. The van der Waals surface area contributed by atoms with E-state index in [-0.39, 0.29) is 18.6 Å². The highest BCUT2D eigenvalue weighted by Gasteiger charge is 2.14. The van der Waals surface area contributed by atoms with Crippen molar-refractivity contribution in [3.05, 3.63) is 24.3 Å². The first kappa shape index (κ1) is 13.4. The Kier molecular flexibility index (Phi) is 4.04. The predicted molar refractivity (Wildman–Crippen MR) is 75.1 cm³/mol. The molecule has 0 saturated heterocycles. The van der Waals surface area contributed by atoms with E-state index in [1.807, 2.05) is 49.6 Å². The van der Waals surface area contributed by atoms with E-state index in [0.717, 1.165) is 17.6 Å². The summed E-state index contributed by atoms with van der Waals surface area (Å²) < 4.78 is 7.04. The van der Waals surface area contributed by atoms with Gasteiger partial charge in [0, 0.05) is 6.54 Å². The summed E-state index contributed by atoms with van der Waals surface area (Å²) in [5.74, 6) is 0.446. The first-order valence-corrected chi connectivity index (χ1v) is 6.50. The van der Waals surface area contributed by atoms with Crippen LogP contribution in [0.25, 0.3) is 11.0 Å². The lowest BCUT2D eigenvalue weighted by Crippen LogP contribution is -2.19. The number of nitrogens with zero attached hydrogens (tertiary/aromatic N) is 2. The number of aromatic nitrogens is 2. The van der Waals surface area contributed by atoms with Gasteiger partial charge in [-0.1, -0.05) is 12.1 Å². The van der Waals surface area contributed by atoms with Crippen LogP contribution in [0.2, 0.25) is 0 Å². The number of nitrogens with one attached hydrogen (secondary N) is 1. The highest BCUT2D eigenvalue weighted by Crippen LogP contribution is 2.19. The van der Waals surface area contributed by atoms with Gasteiger partial charge in [0.1, 0.15) is 6.54 Å². The van der Waals surface area contributed by atoms with Crippen LogP contribution in [0.5, 0.6) is 0 Å². The van der Waals surface area contributed by atoms with Crippen molar-refractivity contribution in [2.24, 2.45) is 0 Å². The first-order valence-electron chi connectivity index (χ1n) is 6.50. The summed E-state index contributed by atoms with van der Waals surface area (Å²) in [6.45, 7) is 6.60. The fourth-order valence-electron chi connectivity index (χ4n) is 1.96. The third-order valence-electron chi connectivity index (χ3n) is 2.64. The number of carbonyl (C=O) groups is 1. The number of anilines is 1. The van der Waals surface area contributed by atoms with Gasteiger partial charge in [0.15, 0.2) is 0 Å². The fraction of sp³-hybridized carbons (Fsp3) is 0.429. The number of para-hydroxylation sites is 2. The molecule has 1 aromatic carbocycles. The zero-order chi connectivity index (χ0) is 13.8. The quantitative estimate of drug-likeness (QED) is 0.840. The zero-order valence-electron chi connectivity index (χ0n) is 11.5. The molecule has 1 aromatic heterocycles. The lowest BCUT2D eigenvalue weighted by Gasteiger charge is -2.11. The molecule has 0 aliphatic heterocycles. The number of ether oxygens (including phenoxy) is 1. The Hall–Kier alpha value is -2.04. The van der Waals surface area contributed by atoms with Crippen molar-refractivity contribution < 1.29 is 9.53 Å². The molecule has 0 aliphatic rings. The Morgan fingerprint density at radius 3 is 2.84 bits per heavy atom. The average molecular weight is 261 g/mol. The Morgan fingerprint density at radius 1 is 1.42 bits per heavy atom. The molecule has 0 atom stereocenters. The number of esters is 1. The number of benzene rings is 1. The molecule has 0 unspecified atom stereocenters. The number of carbonyl (C=O) groups excluding carboxylic acids is 1. The molecule has 2 aromatic rings. The normalized spacial score (nSPS) is 10.9. The molecule has 2 rings (SSSR count). The SMILES string of the molecule is CCNc1nc2ccccc2n1CC(=O)OC(C)C. The van der Waals surface area contributed by atoms with Crippen LogP contribution < -0.4 is 5.32 Å². The van der Waals surface area contributed by atoms with Crippen molar-refractivity contribution in [1.29, 1.82) is 0 Å². The Labute approximate surface area is 112 Å². The average Bonchev–Trinajstić information content (AvgIpc) is 2.67. The predicted octanol–water partition coefficient (Wildman–Crippen LogP) is 2.42. The lowest BCUT2D eigenvalue weighted by molar-refractivity contribution is -0.147. The van der Waals surface area contributed by atoms with E-state index in [0.29, 0.717) is 5.95 Å². The molecule has 5 nitrogen and oxygen atoms in total. The van der Waals surface area contributed by atoms with Crippen LogP contribution in [-0.2, 0) is 16.1 Å². The van der Waals surface area contributed by atoms with E-state index < -0.39 is 0 Å². The van der Waals surface area contributed by atoms with Crippen molar-refractivity contribution in [2.75, 3.05) is 11.9 Å². The zero-order valence-corrected chi connectivity index (χ0v) is 11.5. The summed E-state index contributed by atoms with van der Waals surface area (Å²) in [4.78, 5) is 16.3. The van der Waals surface area contributed by atoms with E-state index in [1.165, 1.54) is 0 Å². The van der Waals surface area contributed by atoms with Gasteiger partial charge < -0.3 is 10.1 Å². The van der Waals surface area contributed by atoms with Crippen molar-refractivity contribution in [2.45, 2.75) is 33.4 Å². The molecule has 1 heterocycles. The molecule has 0 aliphatic carbocycles. The molecule has 102 valence electrons. The highest BCUT2D eigenvalue weighted by atomic mass is 16.5. The second-order valence-corrected chi connectivity index (χ2v) is 4.58. The maximum atomic E-state index is 11.8. The van der Waals surface area contributed by atoms with Crippen LogP contribution in [0.1, 0.15) is 20.8 Å². The van der Waals surface area contributed by atoms with Crippen molar-refractivity contribution in [1.82, 2.24) is 9.55 Å². The molecule has 0 amide bonds. The van der Waals surface area contributed by atoms with Gasteiger partial charge in [-0.15, -0.1) is 0 Å². The largest absolute Gasteiger partial charge is 0.462 e. The van der Waals surface area contributed by atoms with Crippen LogP contribution in [0.4, 0.5) is 5.95 Å². The Balaban J connectivity index is 2.33. The molecule has 0 bridgehead atoms. The van der Waals surface area contributed by atoms with Gasteiger partial charge in [-0.25, -0.2) is 4.98 Å². The van der Waals surface area contributed by atoms with E-state index in [4.69, 9.17) is 4.74 Å². The summed E-state index contributed by atoms with van der Waals surface area (Å²) in [7, 11) is 0. The van der Waals surface area contributed by atoms with Crippen LogP contribution in [0.3, 0.4) is 0 Å². The van der Waals surface area contributed by atoms with Crippen LogP contribution in [-0.4, -0.2) is 28.2 Å². The van der Waals surface area contributed by atoms with E-state index >= 15 is 0 Å². The molecular weight excluding hydrogens is 242 g/mol. The van der Waals surface area contributed by atoms with Crippen LogP contribution in [0, 0.1) is 0 Å². The van der Waals surface area contributed by atoms with Gasteiger partial charge in [-0.3, -0.25) is 9.36 Å². The molecule has 0 spiro atoms. The van der Waals surface area contributed by atoms with Gasteiger partial charge in [0.2, 0.25) is 5.95 Å². The van der Waals surface area contributed by atoms with E-state index in [9.17, 15) is 4.79 Å². The summed E-state index contributed by atoms with van der Waals surface area (Å²) >= 11 is 0. The smallest absolute Gasteiger partial charge is 0.326 e. The van der Waals surface area contributed by atoms with Gasteiger partial charge in [-0.2, -0.15) is 0 Å². The Bertz CT molecular complexity index is 575. The van der Waals surface area contributed by atoms with Gasteiger partial charge in [0.25, 0.3) is 0 Å². The third kappa shape index (κ3) is 3.05. The second-order valence-electron chi connectivity index (χ2n) is 4.58. The molecular formula is C14H19N3O2. The third-order valence-corrected chi connectivity index (χ3v) is 2.64. The van der Waals surface area contributed by atoms with E-state index in [2.05, 4.69) is 10.3 Å². The van der Waals surface area contributed by atoms with Gasteiger partial charge >= 0.3 is 5.97 Å². The monoisotopic (exact) mass is 261 g/mol. The second kappa shape index (κ2) is 5.73. The standard InChI is InChI=1S/C14H19N3O2/c1-4-15-14-16-11-7-5-6-8-12(11)17(14)9-13(18)19-10(2)3/h5-8,10H,4,9H2,1-3H3,(H,15,16). The number of rotatable bonds is 5. The summed E-state index contributed by atoms with van der Waals surface area (Å²) in [5, 5.41) is 3.17. The summed E-state index contributed by atoms with van der Waals surface area (Å²) in [6, 6.07) is 7.75. The number of hydrogen-bond acceptors (Lipinski definition) is 4. The number of fused-ring (bicyclic) bond motifs is 1. The van der Waals surface area contributed by atoms with Gasteiger partial charge in [0.05, 0.1) is 17.1 Å². The van der Waals surface area contributed by atoms with E-state index in [1.54, 1.807) is 0 Å². The number of hydrogen-bond donors (Lipinski definition) is 1. The van der Waals surface area contributed by atoms with Gasteiger partial charge in [-0.05, 0) is 32.9 Å². The van der Waals surface area contributed by atoms with Crippen molar-refractivity contribution in [3.63, 3.8) is 0 Å². The molecule has 0 fully saturated rings. The molecule has 0 saturated carbocycles. The topological polar surface area (TPSA) is 56.2 Å². The van der Waals surface area contributed by atoms with Crippen molar-refractivity contribution >= 4 is 23.0 Å². The fourth-order valence-corrected chi connectivity index (χ4v) is 1.96. The molecule has 19 heavy (non-hydrogen) atoms. The maximum absolute atomic E-state index is 11.8. The molecule has 0 radical (unpaired) electrons. The highest BCUT2D eigenvalue weighted by molar-refractivity contribution is 5.81. The van der Waals surface area contributed by atoms with Crippen LogP contribution in [0.15, 0.2) is 24.3 Å². The maximum Gasteiger partial charge on any atom is 0.326 e. The minimum atomic E-state index is -0.252. The van der Waals surface area contributed by atoms with Crippen molar-refractivity contribution in [3.8, 4) is 0 Å². The summed E-state index contributed by atoms with van der Waals surface area (Å²) in [5.41, 5.74) is 1.80.